The third-order valence-corrected chi connectivity index (χ3v) is 2.34. The van der Waals surface area contributed by atoms with Crippen LogP contribution in [0.25, 0.3) is 6.08 Å². The van der Waals surface area contributed by atoms with Crippen LogP contribution in [0.1, 0.15) is 31.7 Å². The standard InChI is InChI=1S/C14H17Cl/c1-2-3-4-8-11-14(15)12-13-9-6-5-7-10-13/h5-12H,2-4H2,1H3. The minimum Gasteiger partial charge on any atom is -0.0843 e. The van der Waals surface area contributed by atoms with Crippen molar-refractivity contribution >= 4 is 17.7 Å². The van der Waals surface area contributed by atoms with Gasteiger partial charge in [-0.1, -0.05) is 67.8 Å². The number of hydrogen-bond donors (Lipinski definition) is 0. The Kier molecular flexibility index (Phi) is 5.87. The topological polar surface area (TPSA) is 0 Å². The summed E-state index contributed by atoms with van der Waals surface area (Å²) in [5.74, 6) is 0. The molecule has 80 valence electrons. The van der Waals surface area contributed by atoms with Crippen LogP contribution in [-0.4, -0.2) is 0 Å². The van der Waals surface area contributed by atoms with Crippen LogP contribution >= 0.6 is 11.6 Å². The van der Waals surface area contributed by atoms with E-state index in [9.17, 15) is 0 Å². The Morgan fingerprint density at radius 3 is 2.67 bits per heavy atom. The summed E-state index contributed by atoms with van der Waals surface area (Å²) in [6.07, 6.45) is 9.64. The molecule has 0 spiro atoms. The minimum absolute atomic E-state index is 0.789. The van der Waals surface area contributed by atoms with Gasteiger partial charge < -0.3 is 0 Å². The summed E-state index contributed by atoms with van der Waals surface area (Å²) in [5.41, 5.74) is 1.14. The Hall–Kier alpha value is -1.01. The van der Waals surface area contributed by atoms with E-state index in [0.29, 0.717) is 0 Å². The zero-order valence-electron chi connectivity index (χ0n) is 9.12. The largest absolute Gasteiger partial charge is 0.0843 e. The van der Waals surface area contributed by atoms with Gasteiger partial charge in [0, 0.05) is 5.03 Å². The maximum atomic E-state index is 6.07. The van der Waals surface area contributed by atoms with E-state index in [-0.39, 0.29) is 0 Å². The number of benzene rings is 1. The molecular weight excluding hydrogens is 204 g/mol. The Morgan fingerprint density at radius 1 is 1.27 bits per heavy atom. The third-order valence-electron chi connectivity index (χ3n) is 2.11. The van der Waals surface area contributed by atoms with Gasteiger partial charge in [0.25, 0.3) is 0 Å². The highest BCUT2D eigenvalue weighted by atomic mass is 35.5. The van der Waals surface area contributed by atoms with Crippen LogP contribution in [-0.2, 0) is 0 Å². The quantitative estimate of drug-likeness (QED) is 0.483. The van der Waals surface area contributed by atoms with Gasteiger partial charge in [0.05, 0.1) is 0 Å². The van der Waals surface area contributed by atoms with Crippen molar-refractivity contribution in [2.75, 3.05) is 0 Å². The highest BCUT2D eigenvalue weighted by molar-refractivity contribution is 6.33. The van der Waals surface area contributed by atoms with Crippen molar-refractivity contribution in [2.24, 2.45) is 0 Å². The molecule has 1 rings (SSSR count). The Labute approximate surface area is 97.3 Å². The van der Waals surface area contributed by atoms with Gasteiger partial charge in [-0.05, 0) is 24.1 Å². The second kappa shape index (κ2) is 7.30. The molecule has 0 saturated heterocycles. The zero-order valence-corrected chi connectivity index (χ0v) is 9.87. The maximum absolute atomic E-state index is 6.07. The molecule has 0 fully saturated rings. The van der Waals surface area contributed by atoms with E-state index >= 15 is 0 Å². The lowest BCUT2D eigenvalue weighted by Crippen LogP contribution is -1.71. The Morgan fingerprint density at radius 2 is 2.00 bits per heavy atom. The second-order valence-electron chi connectivity index (χ2n) is 3.48. The molecule has 1 aromatic rings. The first-order chi connectivity index (χ1) is 7.33. The normalized spacial score (nSPS) is 12.3. The first-order valence-corrected chi connectivity index (χ1v) is 5.79. The highest BCUT2D eigenvalue weighted by Gasteiger charge is 1.88. The fourth-order valence-corrected chi connectivity index (χ4v) is 1.49. The SMILES string of the molecule is CCCCC=CC(Cl)=Cc1ccccc1. The van der Waals surface area contributed by atoms with Crippen molar-refractivity contribution in [3.63, 3.8) is 0 Å². The fourth-order valence-electron chi connectivity index (χ4n) is 1.27. The molecule has 0 amide bonds. The van der Waals surface area contributed by atoms with Crippen LogP contribution in [0.4, 0.5) is 0 Å². The van der Waals surface area contributed by atoms with E-state index in [4.69, 9.17) is 11.6 Å². The van der Waals surface area contributed by atoms with Gasteiger partial charge in [0.2, 0.25) is 0 Å². The van der Waals surface area contributed by atoms with Crippen LogP contribution in [0.3, 0.4) is 0 Å². The third kappa shape index (κ3) is 5.44. The molecule has 0 aliphatic heterocycles. The van der Waals surface area contributed by atoms with E-state index in [1.54, 1.807) is 0 Å². The predicted octanol–water partition coefficient (Wildman–Crippen LogP) is 5.01. The molecule has 1 heteroatoms. The molecule has 0 bridgehead atoms. The lowest BCUT2D eigenvalue weighted by Gasteiger charge is -1.93. The minimum atomic E-state index is 0.789. The molecule has 0 nitrogen and oxygen atoms in total. The molecule has 15 heavy (non-hydrogen) atoms. The summed E-state index contributed by atoms with van der Waals surface area (Å²) in [4.78, 5) is 0. The lowest BCUT2D eigenvalue weighted by molar-refractivity contribution is 0.815. The molecule has 0 aliphatic carbocycles. The molecule has 0 N–H and O–H groups in total. The number of hydrogen-bond acceptors (Lipinski definition) is 0. The van der Waals surface area contributed by atoms with Crippen molar-refractivity contribution in [3.05, 3.63) is 53.1 Å². The smallest absolute Gasteiger partial charge is 0.0408 e. The van der Waals surface area contributed by atoms with E-state index in [1.165, 1.54) is 12.8 Å². The van der Waals surface area contributed by atoms with Gasteiger partial charge in [-0.3, -0.25) is 0 Å². The molecule has 0 radical (unpaired) electrons. The summed E-state index contributed by atoms with van der Waals surface area (Å²) in [6.45, 7) is 2.19. The molecule has 0 unspecified atom stereocenters. The monoisotopic (exact) mass is 220 g/mol. The van der Waals surface area contributed by atoms with Crippen LogP contribution in [0.15, 0.2) is 47.5 Å². The molecule has 0 saturated carbocycles. The van der Waals surface area contributed by atoms with E-state index in [2.05, 4.69) is 13.0 Å². The van der Waals surface area contributed by atoms with Crippen LogP contribution in [0.2, 0.25) is 0 Å². The van der Waals surface area contributed by atoms with E-state index in [1.807, 2.05) is 42.5 Å². The average molecular weight is 221 g/mol. The second-order valence-corrected chi connectivity index (χ2v) is 3.92. The molecule has 1 aromatic carbocycles. The Balaban J connectivity index is 2.49. The van der Waals surface area contributed by atoms with Gasteiger partial charge in [0.1, 0.15) is 0 Å². The number of allylic oxidation sites excluding steroid dienone is 3. The van der Waals surface area contributed by atoms with E-state index < -0.39 is 0 Å². The van der Waals surface area contributed by atoms with Gasteiger partial charge in [-0.15, -0.1) is 0 Å². The average Bonchev–Trinajstić information content (AvgIpc) is 2.26. The number of unbranched alkanes of at least 4 members (excludes halogenated alkanes) is 2. The van der Waals surface area contributed by atoms with Gasteiger partial charge in [0.15, 0.2) is 0 Å². The lowest BCUT2D eigenvalue weighted by atomic mass is 10.2. The summed E-state index contributed by atoms with van der Waals surface area (Å²) < 4.78 is 0. The van der Waals surface area contributed by atoms with Crippen molar-refractivity contribution in [1.29, 1.82) is 0 Å². The highest BCUT2D eigenvalue weighted by Crippen LogP contribution is 2.11. The van der Waals surface area contributed by atoms with Crippen LogP contribution < -0.4 is 0 Å². The summed E-state index contributed by atoms with van der Waals surface area (Å²) in [7, 11) is 0. The maximum Gasteiger partial charge on any atom is 0.0408 e. The molecule has 0 aromatic heterocycles. The fraction of sp³-hybridized carbons (Fsp3) is 0.286. The number of halogens is 1. The van der Waals surface area contributed by atoms with Gasteiger partial charge >= 0.3 is 0 Å². The van der Waals surface area contributed by atoms with Gasteiger partial charge in [-0.2, -0.15) is 0 Å². The zero-order chi connectivity index (χ0) is 10.9. The number of rotatable bonds is 5. The molecule has 0 aliphatic rings. The van der Waals surface area contributed by atoms with E-state index in [0.717, 1.165) is 17.0 Å². The first kappa shape index (κ1) is 12.1. The van der Waals surface area contributed by atoms with Crippen molar-refractivity contribution in [1.82, 2.24) is 0 Å². The molecular formula is C14H17Cl. The predicted molar refractivity (Wildman–Crippen MR) is 68.9 cm³/mol. The molecule has 0 atom stereocenters. The molecule has 0 heterocycles. The van der Waals surface area contributed by atoms with Gasteiger partial charge in [-0.25, -0.2) is 0 Å². The summed E-state index contributed by atoms with van der Waals surface area (Å²) >= 11 is 6.07. The van der Waals surface area contributed by atoms with Crippen LogP contribution in [0.5, 0.6) is 0 Å². The van der Waals surface area contributed by atoms with Crippen LogP contribution in [0, 0.1) is 0 Å². The van der Waals surface area contributed by atoms with Crippen molar-refractivity contribution in [3.8, 4) is 0 Å². The first-order valence-electron chi connectivity index (χ1n) is 5.41. The van der Waals surface area contributed by atoms with Crippen molar-refractivity contribution in [2.45, 2.75) is 26.2 Å². The Bertz CT molecular complexity index is 322. The summed E-state index contributed by atoms with van der Waals surface area (Å²) in [5, 5.41) is 0.789. The van der Waals surface area contributed by atoms with Crippen molar-refractivity contribution < 1.29 is 0 Å². The summed E-state index contributed by atoms with van der Waals surface area (Å²) in [6, 6.07) is 10.1.